The Kier molecular flexibility index (Phi) is 4.72. The fraction of sp³-hybridized carbons (Fsp3) is 0.476. The Morgan fingerprint density at radius 1 is 1.12 bits per heavy atom. The van der Waals surface area contributed by atoms with Crippen LogP contribution in [0, 0.1) is 19.8 Å². The van der Waals surface area contributed by atoms with Gasteiger partial charge in [-0.15, -0.1) is 0 Å². The number of carbonyl (C=O) groups is 1. The Labute approximate surface area is 155 Å². The third-order valence-electron chi connectivity index (χ3n) is 5.90. The van der Waals surface area contributed by atoms with Crippen LogP contribution >= 0.6 is 0 Å². The number of aryl methyl sites for hydroxylation is 2. The molecule has 1 aromatic heterocycles. The summed E-state index contributed by atoms with van der Waals surface area (Å²) in [5.41, 5.74) is 4.61. The maximum atomic E-state index is 12.8. The topological polar surface area (TPSA) is 49.3 Å². The predicted molar refractivity (Wildman–Crippen MR) is 101 cm³/mol. The summed E-state index contributed by atoms with van der Waals surface area (Å²) in [5, 5.41) is 0. The van der Waals surface area contributed by atoms with Crippen molar-refractivity contribution in [3.63, 3.8) is 0 Å². The van der Waals surface area contributed by atoms with E-state index in [2.05, 4.69) is 46.9 Å². The van der Waals surface area contributed by atoms with Gasteiger partial charge in [0.05, 0.1) is 6.20 Å². The minimum absolute atomic E-state index is 0.0175. The highest BCUT2D eigenvalue weighted by Gasteiger charge is 2.37. The number of hydrogen-bond donors (Lipinski definition) is 0. The lowest BCUT2D eigenvalue weighted by Crippen LogP contribution is -2.44. The molecule has 0 aliphatic carbocycles. The van der Waals surface area contributed by atoms with Gasteiger partial charge in [0, 0.05) is 44.6 Å². The fourth-order valence-electron chi connectivity index (χ4n) is 4.41. The van der Waals surface area contributed by atoms with Gasteiger partial charge in [-0.3, -0.25) is 14.7 Å². The van der Waals surface area contributed by atoms with Crippen LogP contribution in [0.3, 0.4) is 0 Å². The second kappa shape index (κ2) is 7.16. The maximum absolute atomic E-state index is 12.8. The molecule has 2 bridgehead atoms. The summed E-state index contributed by atoms with van der Waals surface area (Å²) in [6.07, 6.45) is 7.14. The van der Waals surface area contributed by atoms with Gasteiger partial charge in [-0.2, -0.15) is 0 Å². The number of carbonyl (C=O) groups excluding carboxylic acids is 1. The van der Waals surface area contributed by atoms with Crippen molar-refractivity contribution in [3.8, 4) is 0 Å². The van der Waals surface area contributed by atoms with Crippen molar-refractivity contribution >= 4 is 5.91 Å². The zero-order valence-corrected chi connectivity index (χ0v) is 15.6. The lowest BCUT2D eigenvalue weighted by molar-refractivity contribution is 0.0729. The molecule has 5 heteroatoms. The first-order valence-electron chi connectivity index (χ1n) is 9.46. The first kappa shape index (κ1) is 17.2. The summed E-state index contributed by atoms with van der Waals surface area (Å²) in [6.45, 7) is 8.06. The van der Waals surface area contributed by atoms with Gasteiger partial charge in [0.2, 0.25) is 0 Å². The molecule has 26 heavy (non-hydrogen) atoms. The highest BCUT2D eigenvalue weighted by Crippen LogP contribution is 2.30. The molecule has 3 aliphatic rings. The molecule has 3 fully saturated rings. The van der Waals surface area contributed by atoms with Gasteiger partial charge in [-0.1, -0.05) is 18.2 Å². The molecule has 0 radical (unpaired) electrons. The highest BCUT2D eigenvalue weighted by atomic mass is 16.2. The van der Waals surface area contributed by atoms with Gasteiger partial charge in [0.15, 0.2) is 0 Å². The number of amides is 1. The number of rotatable bonds is 3. The monoisotopic (exact) mass is 350 g/mol. The number of benzene rings is 1. The molecule has 5 rings (SSSR count). The van der Waals surface area contributed by atoms with Crippen LogP contribution in [0.2, 0.25) is 0 Å². The fourth-order valence-corrected chi connectivity index (χ4v) is 4.41. The second-order valence-electron chi connectivity index (χ2n) is 7.70. The normalized spacial score (nSPS) is 23.1. The van der Waals surface area contributed by atoms with Crippen molar-refractivity contribution in [2.75, 3.05) is 19.6 Å². The van der Waals surface area contributed by atoms with Crippen molar-refractivity contribution in [1.29, 1.82) is 0 Å². The number of fused-ring (bicyclic) bond motifs is 4. The largest absolute Gasteiger partial charge is 0.335 e. The van der Waals surface area contributed by atoms with E-state index in [0.717, 1.165) is 26.2 Å². The average molecular weight is 350 g/mol. The maximum Gasteiger partial charge on any atom is 0.274 e. The van der Waals surface area contributed by atoms with E-state index >= 15 is 0 Å². The molecule has 136 valence electrons. The zero-order chi connectivity index (χ0) is 18.1. The van der Waals surface area contributed by atoms with Gasteiger partial charge in [0.25, 0.3) is 5.91 Å². The lowest BCUT2D eigenvalue weighted by Gasteiger charge is -2.36. The van der Waals surface area contributed by atoms with Crippen molar-refractivity contribution in [2.45, 2.75) is 39.3 Å². The molecule has 0 N–H and O–H groups in total. The van der Waals surface area contributed by atoms with Gasteiger partial charge < -0.3 is 4.90 Å². The van der Waals surface area contributed by atoms with Crippen molar-refractivity contribution in [3.05, 3.63) is 59.2 Å². The Morgan fingerprint density at radius 3 is 2.65 bits per heavy atom. The van der Waals surface area contributed by atoms with Crippen LogP contribution in [0.1, 0.15) is 40.0 Å². The molecular formula is C21H26N4O. The first-order valence-corrected chi connectivity index (χ1v) is 9.46. The Balaban J connectivity index is 1.53. The number of nitrogens with zero attached hydrogens (tertiary/aromatic N) is 4. The molecule has 3 saturated heterocycles. The van der Waals surface area contributed by atoms with E-state index in [1.807, 2.05) is 4.90 Å². The molecule has 4 heterocycles. The van der Waals surface area contributed by atoms with E-state index in [4.69, 9.17) is 0 Å². The summed E-state index contributed by atoms with van der Waals surface area (Å²) in [6, 6.07) is 6.95. The Morgan fingerprint density at radius 2 is 1.92 bits per heavy atom. The van der Waals surface area contributed by atoms with Crippen molar-refractivity contribution in [2.24, 2.45) is 5.92 Å². The van der Waals surface area contributed by atoms with E-state index < -0.39 is 0 Å². The minimum Gasteiger partial charge on any atom is -0.335 e. The van der Waals surface area contributed by atoms with Crippen LogP contribution in [0.15, 0.2) is 36.8 Å². The van der Waals surface area contributed by atoms with E-state index in [9.17, 15) is 4.79 Å². The smallest absolute Gasteiger partial charge is 0.274 e. The quantitative estimate of drug-likeness (QED) is 0.854. The van der Waals surface area contributed by atoms with Crippen LogP contribution in [0.5, 0.6) is 0 Å². The summed E-state index contributed by atoms with van der Waals surface area (Å²) < 4.78 is 0. The molecule has 0 spiro atoms. The van der Waals surface area contributed by atoms with Crippen LogP contribution in [0.4, 0.5) is 0 Å². The standard InChI is InChI=1S/C21H26N4O/c1-15-4-3-5-16(2)19(15)14-24-11-17-6-7-18(24)13-25(12-17)21(26)20-10-22-8-9-23-20/h3-5,8-10,17-18H,6-7,11-14H2,1-2H3/t17-,18-/m1/s1. The molecule has 1 amide bonds. The SMILES string of the molecule is Cc1cccc(C)c1CN1C[C@H]2CC[C@@H]1CN(C(=O)c1cnccn1)C2. The van der Waals surface area contributed by atoms with Crippen molar-refractivity contribution < 1.29 is 4.79 Å². The number of piperidine rings is 1. The zero-order valence-electron chi connectivity index (χ0n) is 15.6. The van der Waals surface area contributed by atoms with E-state index in [0.29, 0.717) is 17.7 Å². The van der Waals surface area contributed by atoms with Crippen LogP contribution in [0.25, 0.3) is 0 Å². The molecule has 5 nitrogen and oxygen atoms in total. The van der Waals surface area contributed by atoms with Crippen LogP contribution in [-0.4, -0.2) is 51.4 Å². The number of aromatic nitrogens is 2. The third kappa shape index (κ3) is 3.36. The van der Waals surface area contributed by atoms with Crippen LogP contribution in [-0.2, 0) is 6.54 Å². The minimum atomic E-state index is 0.0175. The third-order valence-corrected chi connectivity index (χ3v) is 5.90. The summed E-state index contributed by atoms with van der Waals surface area (Å²) >= 11 is 0. The van der Waals surface area contributed by atoms with E-state index in [1.165, 1.54) is 29.5 Å². The Bertz CT molecular complexity index is 772. The van der Waals surface area contributed by atoms with Crippen molar-refractivity contribution in [1.82, 2.24) is 19.8 Å². The summed E-state index contributed by atoms with van der Waals surface area (Å²) in [5.74, 6) is 0.558. The molecule has 2 atom stereocenters. The first-order chi connectivity index (χ1) is 12.6. The van der Waals surface area contributed by atoms with Gasteiger partial charge >= 0.3 is 0 Å². The van der Waals surface area contributed by atoms with E-state index in [-0.39, 0.29) is 5.91 Å². The lowest BCUT2D eigenvalue weighted by atomic mass is 9.93. The molecular weight excluding hydrogens is 324 g/mol. The molecule has 0 unspecified atom stereocenters. The molecule has 0 saturated carbocycles. The molecule has 1 aromatic carbocycles. The van der Waals surface area contributed by atoms with E-state index in [1.54, 1.807) is 18.6 Å². The average Bonchev–Trinajstić information content (AvgIpc) is 2.97. The van der Waals surface area contributed by atoms with Gasteiger partial charge in [0.1, 0.15) is 5.69 Å². The van der Waals surface area contributed by atoms with Gasteiger partial charge in [-0.05, 0) is 49.3 Å². The summed E-state index contributed by atoms with van der Waals surface area (Å²) in [7, 11) is 0. The van der Waals surface area contributed by atoms with Gasteiger partial charge in [-0.25, -0.2) is 4.98 Å². The predicted octanol–water partition coefficient (Wildman–Crippen LogP) is 2.83. The number of hydrogen-bond acceptors (Lipinski definition) is 4. The second-order valence-corrected chi connectivity index (χ2v) is 7.70. The van der Waals surface area contributed by atoms with Crippen LogP contribution < -0.4 is 0 Å². The highest BCUT2D eigenvalue weighted by molar-refractivity contribution is 5.92. The molecule has 3 aliphatic heterocycles. The summed E-state index contributed by atoms with van der Waals surface area (Å²) in [4.78, 5) is 25.7. The molecule has 2 aromatic rings. The Hall–Kier alpha value is -2.27.